The van der Waals surface area contributed by atoms with Gasteiger partial charge in [0.15, 0.2) is 0 Å². The number of esters is 1. The molecule has 0 aromatic heterocycles. The predicted molar refractivity (Wildman–Crippen MR) is 98.2 cm³/mol. The number of hydrogen-bond acceptors (Lipinski definition) is 4. The molecule has 2 aromatic rings. The second kappa shape index (κ2) is 9.78. The number of rotatable bonds is 8. The van der Waals surface area contributed by atoms with E-state index in [1.54, 1.807) is 43.0 Å². The van der Waals surface area contributed by atoms with Gasteiger partial charge >= 0.3 is 5.97 Å². The fourth-order valence-corrected chi connectivity index (χ4v) is 2.96. The summed E-state index contributed by atoms with van der Waals surface area (Å²) in [6.07, 6.45) is 0.455. The fourth-order valence-electron chi connectivity index (χ4n) is 2.06. The molecule has 0 fully saturated rings. The Morgan fingerprint density at radius 1 is 1.04 bits per heavy atom. The van der Waals surface area contributed by atoms with E-state index in [1.807, 2.05) is 18.2 Å². The standard InChI is InChI=1S/C19H21NO3S/c1-2-23-19(22)16-8-10-17(11-9-16)20-18(21)12-13-24-14-15-6-4-3-5-7-15/h3-11H,2,12-14H2,1H3,(H,20,21). The number of hydrogen-bond donors (Lipinski definition) is 1. The molecule has 0 aliphatic heterocycles. The molecule has 0 heterocycles. The highest BCUT2D eigenvalue weighted by molar-refractivity contribution is 7.98. The van der Waals surface area contributed by atoms with Gasteiger partial charge in [-0.05, 0) is 36.8 Å². The number of carbonyl (C=O) groups is 2. The Hall–Kier alpha value is -2.27. The summed E-state index contributed by atoms with van der Waals surface area (Å²) in [4.78, 5) is 23.5. The highest BCUT2D eigenvalue weighted by atomic mass is 32.2. The van der Waals surface area contributed by atoms with Gasteiger partial charge < -0.3 is 10.1 Å². The molecule has 1 N–H and O–H groups in total. The van der Waals surface area contributed by atoms with E-state index < -0.39 is 0 Å². The van der Waals surface area contributed by atoms with Crippen LogP contribution in [0.1, 0.15) is 29.3 Å². The zero-order valence-electron chi connectivity index (χ0n) is 13.7. The maximum absolute atomic E-state index is 11.9. The molecule has 4 nitrogen and oxygen atoms in total. The molecule has 1 amide bonds. The molecular formula is C19H21NO3S. The lowest BCUT2D eigenvalue weighted by atomic mass is 10.2. The number of carbonyl (C=O) groups excluding carboxylic acids is 2. The van der Waals surface area contributed by atoms with E-state index >= 15 is 0 Å². The summed E-state index contributed by atoms with van der Waals surface area (Å²) < 4.78 is 4.92. The Balaban J connectivity index is 1.71. The van der Waals surface area contributed by atoms with Gasteiger partial charge in [0.2, 0.25) is 5.91 Å². The topological polar surface area (TPSA) is 55.4 Å². The van der Waals surface area contributed by atoms with Crippen LogP contribution in [0.4, 0.5) is 5.69 Å². The number of ether oxygens (including phenoxy) is 1. The largest absolute Gasteiger partial charge is 0.462 e. The molecule has 5 heteroatoms. The first-order valence-corrected chi connectivity index (χ1v) is 9.03. The van der Waals surface area contributed by atoms with Crippen LogP contribution in [0.3, 0.4) is 0 Å². The first kappa shape index (κ1) is 18.1. The van der Waals surface area contributed by atoms with Crippen molar-refractivity contribution in [2.75, 3.05) is 17.7 Å². The average Bonchev–Trinajstić information content (AvgIpc) is 2.60. The lowest BCUT2D eigenvalue weighted by molar-refractivity contribution is -0.115. The van der Waals surface area contributed by atoms with Crippen LogP contribution in [-0.2, 0) is 15.3 Å². The quantitative estimate of drug-likeness (QED) is 0.578. The van der Waals surface area contributed by atoms with Crippen molar-refractivity contribution in [1.82, 2.24) is 0 Å². The van der Waals surface area contributed by atoms with E-state index in [1.165, 1.54) is 5.56 Å². The van der Waals surface area contributed by atoms with Crippen molar-refractivity contribution < 1.29 is 14.3 Å². The maximum Gasteiger partial charge on any atom is 0.338 e. The summed E-state index contributed by atoms with van der Waals surface area (Å²) in [7, 11) is 0. The molecule has 0 spiro atoms. The van der Waals surface area contributed by atoms with Gasteiger partial charge in [0.05, 0.1) is 12.2 Å². The van der Waals surface area contributed by atoms with Crippen LogP contribution in [0.15, 0.2) is 54.6 Å². The van der Waals surface area contributed by atoms with Crippen molar-refractivity contribution in [3.8, 4) is 0 Å². The van der Waals surface area contributed by atoms with E-state index in [4.69, 9.17) is 4.74 Å². The lowest BCUT2D eigenvalue weighted by Crippen LogP contribution is -2.12. The van der Waals surface area contributed by atoms with Crippen LogP contribution in [-0.4, -0.2) is 24.2 Å². The molecule has 0 radical (unpaired) electrons. The molecule has 0 saturated carbocycles. The van der Waals surface area contributed by atoms with Gasteiger partial charge in [-0.1, -0.05) is 30.3 Å². The number of amides is 1. The summed E-state index contributed by atoms with van der Waals surface area (Å²) >= 11 is 1.74. The van der Waals surface area contributed by atoms with Crippen LogP contribution in [0, 0.1) is 0 Å². The number of anilines is 1. The summed E-state index contributed by atoms with van der Waals surface area (Å²) in [5, 5.41) is 2.83. The van der Waals surface area contributed by atoms with Gasteiger partial charge in [-0.25, -0.2) is 4.79 Å². The van der Waals surface area contributed by atoms with Crippen molar-refractivity contribution in [3.05, 3.63) is 65.7 Å². The maximum atomic E-state index is 11.9. The minimum Gasteiger partial charge on any atom is -0.462 e. The molecular weight excluding hydrogens is 322 g/mol. The Morgan fingerprint density at radius 3 is 2.42 bits per heavy atom. The molecule has 0 bridgehead atoms. The highest BCUT2D eigenvalue weighted by Crippen LogP contribution is 2.14. The number of benzene rings is 2. The fraction of sp³-hybridized carbons (Fsp3) is 0.263. The zero-order chi connectivity index (χ0) is 17.2. The minimum atomic E-state index is -0.354. The summed E-state index contributed by atoms with van der Waals surface area (Å²) in [5.41, 5.74) is 2.42. The van der Waals surface area contributed by atoms with Crippen molar-refractivity contribution >= 4 is 29.3 Å². The zero-order valence-corrected chi connectivity index (χ0v) is 14.5. The Morgan fingerprint density at radius 2 is 1.75 bits per heavy atom. The van der Waals surface area contributed by atoms with Gasteiger partial charge in [0, 0.05) is 23.6 Å². The summed E-state index contributed by atoms with van der Waals surface area (Å²) in [5.74, 6) is 1.29. The lowest BCUT2D eigenvalue weighted by Gasteiger charge is -2.07. The van der Waals surface area contributed by atoms with Crippen molar-refractivity contribution in [2.45, 2.75) is 19.1 Å². The van der Waals surface area contributed by atoms with E-state index in [0.29, 0.717) is 24.3 Å². The molecule has 24 heavy (non-hydrogen) atoms. The van der Waals surface area contributed by atoms with Gasteiger partial charge in [0.25, 0.3) is 0 Å². The predicted octanol–water partition coefficient (Wildman–Crippen LogP) is 4.13. The SMILES string of the molecule is CCOC(=O)c1ccc(NC(=O)CCSCc2ccccc2)cc1. The first-order chi connectivity index (χ1) is 11.7. The van der Waals surface area contributed by atoms with Crippen molar-refractivity contribution in [2.24, 2.45) is 0 Å². The van der Waals surface area contributed by atoms with Gasteiger partial charge in [-0.2, -0.15) is 11.8 Å². The molecule has 0 aliphatic rings. The third-order valence-corrected chi connectivity index (χ3v) is 4.30. The van der Waals surface area contributed by atoms with E-state index in [-0.39, 0.29) is 11.9 Å². The van der Waals surface area contributed by atoms with E-state index in [0.717, 1.165) is 11.5 Å². The Labute approximate surface area is 146 Å². The monoisotopic (exact) mass is 343 g/mol. The molecule has 0 atom stereocenters. The number of thioether (sulfide) groups is 1. The second-order valence-electron chi connectivity index (χ2n) is 5.13. The molecule has 2 rings (SSSR count). The van der Waals surface area contributed by atoms with Gasteiger partial charge in [-0.15, -0.1) is 0 Å². The van der Waals surface area contributed by atoms with Crippen LogP contribution in [0.5, 0.6) is 0 Å². The van der Waals surface area contributed by atoms with E-state index in [2.05, 4.69) is 17.4 Å². The van der Waals surface area contributed by atoms with Gasteiger partial charge in [-0.3, -0.25) is 4.79 Å². The van der Waals surface area contributed by atoms with Crippen LogP contribution in [0.2, 0.25) is 0 Å². The Bertz CT molecular complexity index is 656. The molecule has 2 aromatic carbocycles. The third-order valence-electron chi connectivity index (χ3n) is 3.26. The van der Waals surface area contributed by atoms with Crippen molar-refractivity contribution in [3.63, 3.8) is 0 Å². The minimum absolute atomic E-state index is 0.0283. The molecule has 126 valence electrons. The van der Waals surface area contributed by atoms with Crippen LogP contribution in [0.25, 0.3) is 0 Å². The highest BCUT2D eigenvalue weighted by Gasteiger charge is 2.07. The molecule has 0 unspecified atom stereocenters. The van der Waals surface area contributed by atoms with E-state index in [9.17, 15) is 9.59 Å². The first-order valence-electron chi connectivity index (χ1n) is 7.87. The normalized spacial score (nSPS) is 10.2. The molecule has 0 aliphatic carbocycles. The summed E-state index contributed by atoms with van der Waals surface area (Å²) in [6, 6.07) is 16.9. The second-order valence-corrected chi connectivity index (χ2v) is 6.24. The Kier molecular flexibility index (Phi) is 7.36. The summed E-state index contributed by atoms with van der Waals surface area (Å²) in [6.45, 7) is 2.11. The van der Waals surface area contributed by atoms with Crippen LogP contribution < -0.4 is 5.32 Å². The van der Waals surface area contributed by atoms with Crippen molar-refractivity contribution in [1.29, 1.82) is 0 Å². The van der Waals surface area contributed by atoms with Gasteiger partial charge in [0.1, 0.15) is 0 Å². The van der Waals surface area contributed by atoms with Crippen LogP contribution >= 0.6 is 11.8 Å². The number of nitrogens with one attached hydrogen (secondary N) is 1. The smallest absolute Gasteiger partial charge is 0.338 e. The molecule has 0 saturated heterocycles. The third kappa shape index (κ3) is 6.08. The average molecular weight is 343 g/mol.